The lowest BCUT2D eigenvalue weighted by atomic mass is 10.2. The molecule has 1 saturated heterocycles. The fourth-order valence-corrected chi connectivity index (χ4v) is 4.19. The van der Waals surface area contributed by atoms with E-state index < -0.39 is 12.1 Å². The first-order valence-corrected chi connectivity index (χ1v) is 12.1. The van der Waals surface area contributed by atoms with Crippen molar-refractivity contribution in [3.8, 4) is 5.75 Å². The van der Waals surface area contributed by atoms with Crippen LogP contribution in [-0.2, 0) is 11.3 Å². The smallest absolute Gasteiger partial charge is 0.490 e. The zero-order valence-corrected chi connectivity index (χ0v) is 20.9. The van der Waals surface area contributed by atoms with E-state index in [0.717, 1.165) is 61.1 Å². The maximum Gasteiger partial charge on any atom is 0.490 e. The predicted octanol–water partition coefficient (Wildman–Crippen LogP) is 4.82. The summed E-state index contributed by atoms with van der Waals surface area (Å²) in [6.07, 6.45) is -2.65. The van der Waals surface area contributed by atoms with E-state index in [4.69, 9.17) is 36.2 Å². The maximum absolute atomic E-state index is 10.6. The van der Waals surface area contributed by atoms with Crippen LogP contribution >= 0.6 is 11.6 Å². The number of fused-ring (bicyclic) bond motifs is 1. The predicted molar refractivity (Wildman–Crippen MR) is 135 cm³/mol. The van der Waals surface area contributed by atoms with E-state index in [1.54, 1.807) is 7.11 Å². The standard InChI is InChI=1S/C23H26ClN5O.C2HF3O2/c1-30-21-9-6-16(14-18(21)24)15-28-10-12-29(13-11-28)23-22(25-17-7-8-17)26-19-4-2-3-5-20(19)27-23;3-2(4,5)1(6)7/h2-6,9,14,17H,7-8,10-13,15H2,1H3,(H,25,26);(H,6,7). The minimum Gasteiger partial charge on any atom is -0.495 e. The van der Waals surface area contributed by atoms with Crippen molar-refractivity contribution in [2.24, 2.45) is 0 Å². The minimum absolute atomic E-state index is 0.542. The lowest BCUT2D eigenvalue weighted by Crippen LogP contribution is -2.46. The number of piperazine rings is 1. The first-order valence-electron chi connectivity index (χ1n) is 11.8. The van der Waals surface area contributed by atoms with E-state index in [1.807, 2.05) is 36.4 Å². The molecule has 1 saturated carbocycles. The van der Waals surface area contributed by atoms with Gasteiger partial charge in [0.05, 0.1) is 23.2 Å². The van der Waals surface area contributed by atoms with Crippen LogP contribution in [0.1, 0.15) is 18.4 Å². The molecule has 2 aliphatic rings. The lowest BCUT2D eigenvalue weighted by Gasteiger charge is -2.36. The van der Waals surface area contributed by atoms with Crippen molar-refractivity contribution in [2.45, 2.75) is 31.6 Å². The number of ether oxygens (including phenoxy) is 1. The average molecular weight is 538 g/mol. The highest BCUT2D eigenvalue weighted by Crippen LogP contribution is 2.31. The summed E-state index contributed by atoms with van der Waals surface area (Å²) in [6, 6.07) is 14.7. The summed E-state index contributed by atoms with van der Waals surface area (Å²) in [4.78, 5) is 23.6. The molecule has 1 aliphatic carbocycles. The van der Waals surface area contributed by atoms with Crippen molar-refractivity contribution >= 4 is 40.2 Å². The first kappa shape index (κ1) is 26.7. The molecule has 2 N–H and O–H groups in total. The number of benzene rings is 2. The number of aliphatic carboxylic acids is 1. The number of para-hydroxylation sites is 2. The van der Waals surface area contributed by atoms with Gasteiger partial charge in [0.25, 0.3) is 0 Å². The van der Waals surface area contributed by atoms with Gasteiger partial charge in [0.1, 0.15) is 5.75 Å². The second-order valence-corrected chi connectivity index (χ2v) is 9.25. The summed E-state index contributed by atoms with van der Waals surface area (Å²) in [5.41, 5.74) is 3.10. The fourth-order valence-electron chi connectivity index (χ4n) is 3.91. The molecule has 2 heterocycles. The van der Waals surface area contributed by atoms with Crippen molar-refractivity contribution in [2.75, 3.05) is 43.5 Å². The molecule has 0 atom stereocenters. The normalized spacial score (nSPS) is 16.2. The summed E-state index contributed by atoms with van der Waals surface area (Å²) < 4.78 is 37.0. The highest BCUT2D eigenvalue weighted by Gasteiger charge is 2.38. The van der Waals surface area contributed by atoms with Crippen molar-refractivity contribution in [1.82, 2.24) is 14.9 Å². The zero-order chi connectivity index (χ0) is 26.6. The van der Waals surface area contributed by atoms with Gasteiger partial charge >= 0.3 is 12.1 Å². The summed E-state index contributed by atoms with van der Waals surface area (Å²) in [7, 11) is 1.64. The lowest BCUT2D eigenvalue weighted by molar-refractivity contribution is -0.192. The average Bonchev–Trinajstić information content (AvgIpc) is 3.68. The van der Waals surface area contributed by atoms with Gasteiger partial charge in [-0.3, -0.25) is 4.90 Å². The number of nitrogens with zero attached hydrogens (tertiary/aromatic N) is 4. The summed E-state index contributed by atoms with van der Waals surface area (Å²) in [6.45, 7) is 4.68. The Hall–Kier alpha value is -3.31. The van der Waals surface area contributed by atoms with E-state index in [2.05, 4.69) is 21.2 Å². The molecule has 1 aliphatic heterocycles. The SMILES string of the molecule is COc1ccc(CN2CCN(c3nc4ccccc4nc3NC3CC3)CC2)cc1Cl.O=C(O)C(F)(F)F. The number of carboxylic acids is 1. The van der Waals surface area contributed by atoms with E-state index in [9.17, 15) is 13.2 Å². The van der Waals surface area contributed by atoms with E-state index in [-0.39, 0.29) is 0 Å². The number of methoxy groups -OCH3 is 1. The van der Waals surface area contributed by atoms with Gasteiger partial charge in [-0.15, -0.1) is 0 Å². The zero-order valence-electron chi connectivity index (χ0n) is 20.1. The third kappa shape index (κ3) is 7.14. The van der Waals surface area contributed by atoms with Crippen LogP contribution in [0.25, 0.3) is 11.0 Å². The number of hydrogen-bond donors (Lipinski definition) is 2. The van der Waals surface area contributed by atoms with Crippen LogP contribution in [0.4, 0.5) is 24.8 Å². The summed E-state index contributed by atoms with van der Waals surface area (Å²) in [5, 5.41) is 11.4. The number of rotatable bonds is 6. The Balaban J connectivity index is 0.000000405. The van der Waals surface area contributed by atoms with Gasteiger partial charge in [-0.25, -0.2) is 14.8 Å². The van der Waals surface area contributed by atoms with Crippen molar-refractivity contribution < 1.29 is 27.8 Å². The Morgan fingerprint density at radius 2 is 1.73 bits per heavy atom. The quantitative estimate of drug-likeness (QED) is 0.462. The Labute approximate surface area is 217 Å². The number of carbonyl (C=O) groups is 1. The molecule has 12 heteroatoms. The van der Waals surface area contributed by atoms with Crippen LogP contribution in [0, 0.1) is 0 Å². The Morgan fingerprint density at radius 3 is 2.27 bits per heavy atom. The van der Waals surface area contributed by atoms with Gasteiger partial charge in [0, 0.05) is 38.8 Å². The van der Waals surface area contributed by atoms with E-state index in [0.29, 0.717) is 11.1 Å². The molecule has 2 aromatic carbocycles. The molecule has 1 aromatic heterocycles. The van der Waals surface area contributed by atoms with Crippen LogP contribution in [0.5, 0.6) is 5.75 Å². The molecule has 0 spiro atoms. The third-order valence-electron chi connectivity index (χ3n) is 6.01. The third-order valence-corrected chi connectivity index (χ3v) is 6.30. The molecule has 0 bridgehead atoms. The largest absolute Gasteiger partial charge is 0.495 e. The molecule has 5 rings (SSSR count). The second kappa shape index (κ2) is 11.4. The Morgan fingerprint density at radius 1 is 1.11 bits per heavy atom. The number of aromatic nitrogens is 2. The maximum atomic E-state index is 10.6. The monoisotopic (exact) mass is 537 g/mol. The van der Waals surface area contributed by atoms with Crippen LogP contribution in [0.3, 0.4) is 0 Å². The van der Waals surface area contributed by atoms with Crippen LogP contribution in [0.15, 0.2) is 42.5 Å². The number of halogens is 4. The van der Waals surface area contributed by atoms with E-state index >= 15 is 0 Å². The molecule has 2 fully saturated rings. The number of hydrogen-bond acceptors (Lipinski definition) is 7. The highest BCUT2D eigenvalue weighted by molar-refractivity contribution is 6.32. The van der Waals surface area contributed by atoms with Gasteiger partial charge in [-0.1, -0.05) is 29.8 Å². The van der Waals surface area contributed by atoms with Gasteiger partial charge in [0.15, 0.2) is 11.6 Å². The van der Waals surface area contributed by atoms with Gasteiger partial charge in [0.2, 0.25) is 0 Å². The molecule has 198 valence electrons. The number of alkyl halides is 3. The number of nitrogens with one attached hydrogen (secondary N) is 1. The molecule has 3 aromatic rings. The molecular formula is C25H27ClF3N5O3. The molecule has 0 unspecified atom stereocenters. The number of carboxylic acid groups (broad SMARTS) is 1. The van der Waals surface area contributed by atoms with Gasteiger partial charge in [-0.05, 0) is 42.7 Å². The van der Waals surface area contributed by atoms with Crippen molar-refractivity contribution in [3.05, 3.63) is 53.1 Å². The minimum atomic E-state index is -5.08. The van der Waals surface area contributed by atoms with Crippen LogP contribution < -0.4 is 15.0 Å². The van der Waals surface area contributed by atoms with Crippen molar-refractivity contribution in [1.29, 1.82) is 0 Å². The molecule has 0 radical (unpaired) electrons. The van der Waals surface area contributed by atoms with Crippen LogP contribution in [-0.4, -0.2) is 71.5 Å². The highest BCUT2D eigenvalue weighted by atomic mass is 35.5. The van der Waals surface area contributed by atoms with Crippen LogP contribution in [0.2, 0.25) is 5.02 Å². The Kier molecular flexibility index (Phi) is 8.23. The van der Waals surface area contributed by atoms with E-state index in [1.165, 1.54) is 18.4 Å². The fraction of sp³-hybridized carbons (Fsp3) is 0.400. The van der Waals surface area contributed by atoms with Gasteiger partial charge < -0.3 is 20.1 Å². The molecule has 0 amide bonds. The number of anilines is 2. The summed E-state index contributed by atoms with van der Waals surface area (Å²) in [5.74, 6) is -0.136. The first-order chi connectivity index (χ1) is 17.6. The Bertz CT molecular complexity index is 1250. The summed E-state index contributed by atoms with van der Waals surface area (Å²) >= 11 is 6.29. The molecule has 8 nitrogen and oxygen atoms in total. The molecular weight excluding hydrogens is 511 g/mol. The second-order valence-electron chi connectivity index (χ2n) is 8.84. The van der Waals surface area contributed by atoms with Gasteiger partial charge in [-0.2, -0.15) is 13.2 Å². The molecule has 37 heavy (non-hydrogen) atoms. The topological polar surface area (TPSA) is 90.8 Å². The van der Waals surface area contributed by atoms with Crippen molar-refractivity contribution in [3.63, 3.8) is 0 Å².